The van der Waals surface area contributed by atoms with Crippen molar-refractivity contribution in [2.24, 2.45) is 0 Å². The minimum absolute atomic E-state index is 0.0407. The number of hydrogen-bond acceptors (Lipinski definition) is 5. The predicted octanol–water partition coefficient (Wildman–Crippen LogP) is 6.35. The van der Waals surface area contributed by atoms with Gasteiger partial charge in [0.05, 0.1) is 22.3 Å². The Bertz CT molecular complexity index is 1440. The molecule has 3 aromatic carbocycles. The highest BCUT2D eigenvalue weighted by atomic mass is 35.5. The van der Waals surface area contributed by atoms with Crippen LogP contribution in [0.25, 0.3) is 11.0 Å². The fourth-order valence-electron chi connectivity index (χ4n) is 3.82. The zero-order chi connectivity index (χ0) is 24.5. The van der Waals surface area contributed by atoms with Gasteiger partial charge in [-0.2, -0.15) is 4.39 Å². The maximum Gasteiger partial charge on any atom is 0.255 e. The predicted molar refractivity (Wildman–Crippen MR) is 127 cm³/mol. The number of benzene rings is 3. The Morgan fingerprint density at radius 3 is 2.54 bits per heavy atom. The first-order valence-corrected chi connectivity index (χ1v) is 11.2. The maximum atomic E-state index is 14.5. The number of nitrogens with zero attached hydrogens (tertiary/aromatic N) is 3. The number of fused-ring (bicyclic) bond motifs is 1. The molecule has 6 nitrogen and oxygen atoms in total. The summed E-state index contributed by atoms with van der Waals surface area (Å²) in [5.74, 6) is -3.44. The zero-order valence-electron chi connectivity index (χ0n) is 18.2. The number of ether oxygens (including phenoxy) is 1. The van der Waals surface area contributed by atoms with Crippen LogP contribution in [-0.2, 0) is 0 Å². The van der Waals surface area contributed by atoms with Crippen LogP contribution in [0.15, 0.2) is 54.7 Å². The molecule has 1 aliphatic rings. The first-order chi connectivity index (χ1) is 16.9. The lowest BCUT2D eigenvalue weighted by Gasteiger charge is -2.16. The quantitative estimate of drug-likeness (QED) is 0.347. The molecular formula is C25H18ClF3N4O2. The molecule has 0 atom stereocenters. The smallest absolute Gasteiger partial charge is 0.255 e. The molecule has 0 spiro atoms. The molecule has 0 saturated carbocycles. The summed E-state index contributed by atoms with van der Waals surface area (Å²) in [6.45, 7) is 1.81. The van der Waals surface area contributed by atoms with Crippen molar-refractivity contribution in [1.29, 1.82) is 0 Å². The molecule has 1 aliphatic heterocycles. The second-order valence-electron chi connectivity index (χ2n) is 8.03. The summed E-state index contributed by atoms with van der Waals surface area (Å²) in [7, 11) is 0. The first kappa shape index (κ1) is 22.9. The highest BCUT2D eigenvalue weighted by molar-refractivity contribution is 6.30. The van der Waals surface area contributed by atoms with E-state index >= 15 is 0 Å². The maximum absolute atomic E-state index is 14.5. The van der Waals surface area contributed by atoms with Gasteiger partial charge in [0.25, 0.3) is 5.91 Å². The Balaban J connectivity index is 1.40. The van der Waals surface area contributed by atoms with Gasteiger partial charge in [0.15, 0.2) is 11.6 Å². The second-order valence-corrected chi connectivity index (χ2v) is 8.44. The van der Waals surface area contributed by atoms with Crippen LogP contribution < -0.4 is 15.0 Å². The van der Waals surface area contributed by atoms with Gasteiger partial charge in [-0.3, -0.25) is 9.78 Å². The van der Waals surface area contributed by atoms with Crippen molar-refractivity contribution in [3.63, 3.8) is 0 Å². The molecular weight excluding hydrogens is 481 g/mol. The molecule has 0 bridgehead atoms. The standard InChI is InChI=1S/C25H18ClF3N4O2/c26-17-5-3-14(9-18(17)27)25(34)31-15-10-19(28)24(29)22(11-15)35-16-4-6-20-21(12-16)32-23(13-30-20)33-7-1-2-8-33/h3-6,9-13H,1-2,7-8H2,(H,31,34). The van der Waals surface area contributed by atoms with E-state index in [-0.39, 0.29) is 22.0 Å². The van der Waals surface area contributed by atoms with Crippen molar-refractivity contribution >= 4 is 40.0 Å². The van der Waals surface area contributed by atoms with Gasteiger partial charge in [0, 0.05) is 42.5 Å². The molecule has 2 heterocycles. The number of amides is 1. The molecule has 1 aromatic heterocycles. The van der Waals surface area contributed by atoms with Gasteiger partial charge < -0.3 is 15.0 Å². The fourth-order valence-corrected chi connectivity index (χ4v) is 3.94. The lowest BCUT2D eigenvalue weighted by Crippen LogP contribution is -2.19. The number of anilines is 2. The molecule has 4 aromatic rings. The number of rotatable bonds is 5. The van der Waals surface area contributed by atoms with E-state index in [0.29, 0.717) is 11.0 Å². The Hall–Kier alpha value is -3.85. The molecule has 0 aliphatic carbocycles. The van der Waals surface area contributed by atoms with Crippen molar-refractivity contribution in [2.75, 3.05) is 23.3 Å². The number of carbonyl (C=O) groups excluding carboxylic acids is 1. The van der Waals surface area contributed by atoms with Crippen molar-refractivity contribution in [2.45, 2.75) is 12.8 Å². The zero-order valence-corrected chi connectivity index (χ0v) is 19.0. The Morgan fingerprint density at radius 2 is 1.77 bits per heavy atom. The van der Waals surface area contributed by atoms with Crippen LogP contribution in [-0.4, -0.2) is 29.0 Å². The van der Waals surface area contributed by atoms with Crippen molar-refractivity contribution in [3.8, 4) is 11.5 Å². The number of aromatic nitrogens is 2. The first-order valence-electron chi connectivity index (χ1n) is 10.8. The number of carbonyl (C=O) groups is 1. The van der Waals surface area contributed by atoms with Crippen LogP contribution in [0, 0.1) is 17.5 Å². The van der Waals surface area contributed by atoms with E-state index in [0.717, 1.165) is 49.9 Å². The van der Waals surface area contributed by atoms with E-state index in [9.17, 15) is 18.0 Å². The van der Waals surface area contributed by atoms with Crippen LogP contribution in [0.4, 0.5) is 24.7 Å². The van der Waals surface area contributed by atoms with Crippen molar-refractivity contribution in [1.82, 2.24) is 9.97 Å². The molecule has 178 valence electrons. The summed E-state index contributed by atoms with van der Waals surface area (Å²) >= 11 is 5.63. The van der Waals surface area contributed by atoms with E-state index in [1.807, 2.05) is 0 Å². The van der Waals surface area contributed by atoms with Crippen LogP contribution in [0.5, 0.6) is 11.5 Å². The minimum Gasteiger partial charge on any atom is -0.454 e. The lowest BCUT2D eigenvalue weighted by molar-refractivity contribution is 0.102. The molecule has 1 amide bonds. The molecule has 1 N–H and O–H groups in total. The van der Waals surface area contributed by atoms with E-state index < -0.39 is 29.1 Å². The Kier molecular flexibility index (Phi) is 6.17. The average molecular weight is 499 g/mol. The van der Waals surface area contributed by atoms with Crippen molar-refractivity contribution in [3.05, 3.63) is 82.8 Å². The summed E-state index contributed by atoms with van der Waals surface area (Å²) in [6.07, 6.45) is 3.89. The molecule has 0 unspecified atom stereocenters. The molecule has 1 fully saturated rings. The third-order valence-corrected chi connectivity index (χ3v) is 5.90. The molecule has 5 rings (SSSR count). The molecule has 0 radical (unpaired) electrons. The minimum atomic E-state index is -1.23. The fraction of sp³-hybridized carbons (Fsp3) is 0.160. The summed E-state index contributed by atoms with van der Waals surface area (Å²) in [5.41, 5.74) is 1.06. The van der Waals surface area contributed by atoms with Gasteiger partial charge in [-0.1, -0.05) is 11.6 Å². The summed E-state index contributed by atoms with van der Waals surface area (Å²) in [6, 6.07) is 10.2. The molecule has 10 heteroatoms. The monoisotopic (exact) mass is 498 g/mol. The van der Waals surface area contributed by atoms with Crippen LogP contribution in [0.3, 0.4) is 0 Å². The Morgan fingerprint density at radius 1 is 0.971 bits per heavy atom. The third-order valence-electron chi connectivity index (χ3n) is 5.59. The second kappa shape index (κ2) is 9.42. The third kappa shape index (κ3) is 4.85. The average Bonchev–Trinajstić information content (AvgIpc) is 3.38. The number of halogens is 4. The number of hydrogen-bond donors (Lipinski definition) is 1. The lowest BCUT2D eigenvalue weighted by atomic mass is 10.2. The summed E-state index contributed by atoms with van der Waals surface area (Å²) in [4.78, 5) is 23.6. The SMILES string of the molecule is O=C(Nc1cc(F)c(F)c(Oc2ccc3ncc(N4CCCC4)nc3c2)c1)c1ccc(Cl)c(F)c1. The number of nitrogens with one attached hydrogen (secondary N) is 1. The van der Waals surface area contributed by atoms with E-state index in [1.165, 1.54) is 12.1 Å². The van der Waals surface area contributed by atoms with Gasteiger partial charge in [-0.25, -0.2) is 13.8 Å². The van der Waals surface area contributed by atoms with Crippen LogP contribution in [0.1, 0.15) is 23.2 Å². The van der Waals surface area contributed by atoms with Gasteiger partial charge in [0.1, 0.15) is 17.4 Å². The van der Waals surface area contributed by atoms with E-state index in [1.54, 1.807) is 24.4 Å². The van der Waals surface area contributed by atoms with Crippen LogP contribution in [0.2, 0.25) is 5.02 Å². The highest BCUT2D eigenvalue weighted by Crippen LogP contribution is 2.31. The van der Waals surface area contributed by atoms with E-state index in [4.69, 9.17) is 16.3 Å². The normalized spacial score (nSPS) is 13.3. The van der Waals surface area contributed by atoms with Gasteiger partial charge in [-0.05, 0) is 43.2 Å². The van der Waals surface area contributed by atoms with Gasteiger partial charge in [0.2, 0.25) is 5.82 Å². The van der Waals surface area contributed by atoms with Gasteiger partial charge >= 0.3 is 0 Å². The van der Waals surface area contributed by atoms with Crippen molar-refractivity contribution < 1.29 is 22.7 Å². The molecule has 35 heavy (non-hydrogen) atoms. The summed E-state index contributed by atoms with van der Waals surface area (Å²) in [5, 5.41) is 2.26. The molecule has 1 saturated heterocycles. The highest BCUT2D eigenvalue weighted by Gasteiger charge is 2.17. The van der Waals surface area contributed by atoms with E-state index in [2.05, 4.69) is 20.2 Å². The summed E-state index contributed by atoms with van der Waals surface area (Å²) < 4.78 is 48.0. The largest absolute Gasteiger partial charge is 0.454 e. The van der Waals surface area contributed by atoms with Crippen LogP contribution >= 0.6 is 11.6 Å². The topological polar surface area (TPSA) is 67.3 Å². The Labute approximate surface area is 203 Å². The van der Waals surface area contributed by atoms with Gasteiger partial charge in [-0.15, -0.1) is 0 Å².